The van der Waals surface area contributed by atoms with E-state index in [2.05, 4.69) is 41.6 Å². The molecule has 4 heteroatoms. The molecule has 1 aromatic heterocycles. The number of nitrogens with zero attached hydrogens (tertiary/aromatic N) is 3. The summed E-state index contributed by atoms with van der Waals surface area (Å²) >= 11 is 6.37. The predicted octanol–water partition coefficient (Wildman–Crippen LogP) is 3.99. The van der Waals surface area contributed by atoms with Gasteiger partial charge in [-0.2, -0.15) is 0 Å². The standard InChI is InChI=1S/C17H24ClN3/c1-12-6-7-16-15(9-12)19-17(13(2)18)21(16)11-14-5-4-8-20(3)10-14/h6-7,9,13-14H,4-5,8,10-11H2,1-3H3. The van der Waals surface area contributed by atoms with Gasteiger partial charge in [-0.1, -0.05) is 6.07 Å². The molecule has 2 atom stereocenters. The first-order valence-electron chi connectivity index (χ1n) is 7.84. The molecule has 21 heavy (non-hydrogen) atoms. The highest BCUT2D eigenvalue weighted by atomic mass is 35.5. The first-order valence-corrected chi connectivity index (χ1v) is 8.27. The summed E-state index contributed by atoms with van der Waals surface area (Å²) in [7, 11) is 2.21. The average Bonchev–Trinajstić information content (AvgIpc) is 2.77. The van der Waals surface area contributed by atoms with Gasteiger partial charge in [0.05, 0.1) is 16.4 Å². The number of hydrogen-bond acceptors (Lipinski definition) is 2. The van der Waals surface area contributed by atoms with E-state index < -0.39 is 0 Å². The Kier molecular flexibility index (Phi) is 4.23. The van der Waals surface area contributed by atoms with E-state index in [1.54, 1.807) is 0 Å². The molecular formula is C17H24ClN3. The Morgan fingerprint density at radius 1 is 1.43 bits per heavy atom. The second-order valence-corrected chi connectivity index (χ2v) is 7.11. The van der Waals surface area contributed by atoms with Crippen molar-refractivity contribution in [3.8, 4) is 0 Å². The molecule has 0 N–H and O–H groups in total. The topological polar surface area (TPSA) is 21.1 Å². The van der Waals surface area contributed by atoms with Gasteiger partial charge in [0.2, 0.25) is 0 Å². The molecule has 114 valence electrons. The van der Waals surface area contributed by atoms with Crippen molar-refractivity contribution in [2.75, 3.05) is 20.1 Å². The molecule has 1 fully saturated rings. The summed E-state index contributed by atoms with van der Waals surface area (Å²) in [6.07, 6.45) is 2.59. The van der Waals surface area contributed by atoms with Gasteiger partial charge in [0.15, 0.2) is 0 Å². The number of benzene rings is 1. The third-order valence-corrected chi connectivity index (χ3v) is 4.65. The van der Waals surface area contributed by atoms with Crippen LogP contribution in [0.25, 0.3) is 11.0 Å². The fourth-order valence-electron chi connectivity index (χ4n) is 3.43. The molecule has 3 rings (SSSR count). The Balaban J connectivity index is 1.97. The van der Waals surface area contributed by atoms with Crippen molar-refractivity contribution >= 4 is 22.6 Å². The van der Waals surface area contributed by atoms with Gasteiger partial charge in [0, 0.05) is 13.1 Å². The van der Waals surface area contributed by atoms with E-state index in [0.29, 0.717) is 5.92 Å². The highest BCUT2D eigenvalue weighted by Gasteiger charge is 2.21. The smallest absolute Gasteiger partial charge is 0.127 e. The number of likely N-dealkylation sites (tertiary alicyclic amines) is 1. The van der Waals surface area contributed by atoms with Gasteiger partial charge in [-0.15, -0.1) is 11.6 Å². The van der Waals surface area contributed by atoms with Crippen LogP contribution < -0.4 is 0 Å². The minimum Gasteiger partial charge on any atom is -0.326 e. The van der Waals surface area contributed by atoms with Gasteiger partial charge in [-0.3, -0.25) is 0 Å². The Labute approximate surface area is 131 Å². The number of alkyl halides is 1. The molecule has 0 radical (unpaired) electrons. The highest BCUT2D eigenvalue weighted by Crippen LogP contribution is 2.28. The van der Waals surface area contributed by atoms with Gasteiger partial charge in [-0.05, 0) is 63.9 Å². The van der Waals surface area contributed by atoms with Crippen LogP contribution in [0.5, 0.6) is 0 Å². The maximum Gasteiger partial charge on any atom is 0.127 e. The normalized spacial score (nSPS) is 21.8. The Hall–Kier alpha value is -1.06. The molecule has 1 aliphatic heterocycles. The molecular weight excluding hydrogens is 282 g/mol. The lowest BCUT2D eigenvalue weighted by Crippen LogP contribution is -2.34. The molecule has 1 saturated heterocycles. The SMILES string of the molecule is Cc1ccc2c(c1)nc(C(C)Cl)n2CC1CCCN(C)C1. The fourth-order valence-corrected chi connectivity index (χ4v) is 3.60. The van der Waals surface area contributed by atoms with Gasteiger partial charge in [-0.25, -0.2) is 4.98 Å². The largest absolute Gasteiger partial charge is 0.326 e. The van der Waals surface area contributed by atoms with Crippen LogP contribution in [0.1, 0.15) is 36.5 Å². The Morgan fingerprint density at radius 3 is 2.95 bits per heavy atom. The van der Waals surface area contributed by atoms with Crippen LogP contribution in [0.2, 0.25) is 0 Å². The fraction of sp³-hybridized carbons (Fsp3) is 0.588. The van der Waals surface area contributed by atoms with Crippen molar-refractivity contribution in [1.82, 2.24) is 14.5 Å². The first-order chi connectivity index (χ1) is 10.0. The molecule has 0 aliphatic carbocycles. The lowest BCUT2D eigenvalue weighted by Gasteiger charge is -2.30. The molecule has 1 aromatic carbocycles. The van der Waals surface area contributed by atoms with E-state index in [9.17, 15) is 0 Å². The third kappa shape index (κ3) is 3.09. The van der Waals surface area contributed by atoms with Crippen molar-refractivity contribution < 1.29 is 0 Å². The maximum atomic E-state index is 6.37. The number of rotatable bonds is 3. The summed E-state index contributed by atoms with van der Waals surface area (Å²) in [4.78, 5) is 7.21. The van der Waals surface area contributed by atoms with Crippen LogP contribution in [0.15, 0.2) is 18.2 Å². The second-order valence-electron chi connectivity index (χ2n) is 6.46. The zero-order valence-corrected chi connectivity index (χ0v) is 13.9. The molecule has 1 aliphatic rings. The van der Waals surface area contributed by atoms with Gasteiger partial charge in [0.25, 0.3) is 0 Å². The monoisotopic (exact) mass is 305 g/mol. The number of hydrogen-bond donors (Lipinski definition) is 0. The minimum atomic E-state index is -0.0565. The van der Waals surface area contributed by atoms with E-state index in [-0.39, 0.29) is 5.38 Å². The minimum absolute atomic E-state index is 0.0565. The van der Waals surface area contributed by atoms with E-state index in [1.165, 1.54) is 37.0 Å². The van der Waals surface area contributed by atoms with Crippen LogP contribution in [0, 0.1) is 12.8 Å². The van der Waals surface area contributed by atoms with Gasteiger partial charge < -0.3 is 9.47 Å². The molecule has 2 unspecified atom stereocenters. The van der Waals surface area contributed by atoms with Crippen molar-refractivity contribution in [2.45, 2.75) is 38.6 Å². The summed E-state index contributed by atoms with van der Waals surface area (Å²) in [6.45, 7) is 7.54. The zero-order valence-electron chi connectivity index (χ0n) is 13.1. The maximum absolute atomic E-state index is 6.37. The van der Waals surface area contributed by atoms with Crippen LogP contribution in [0.3, 0.4) is 0 Å². The summed E-state index contributed by atoms with van der Waals surface area (Å²) in [5.41, 5.74) is 3.54. The lowest BCUT2D eigenvalue weighted by atomic mass is 9.98. The highest BCUT2D eigenvalue weighted by molar-refractivity contribution is 6.20. The van der Waals surface area contributed by atoms with Crippen LogP contribution in [-0.4, -0.2) is 34.6 Å². The van der Waals surface area contributed by atoms with Crippen LogP contribution in [-0.2, 0) is 6.54 Å². The van der Waals surface area contributed by atoms with E-state index in [1.807, 2.05) is 6.92 Å². The van der Waals surface area contributed by atoms with E-state index >= 15 is 0 Å². The van der Waals surface area contributed by atoms with Crippen molar-refractivity contribution in [1.29, 1.82) is 0 Å². The molecule has 0 bridgehead atoms. The predicted molar refractivity (Wildman–Crippen MR) is 89.0 cm³/mol. The number of aromatic nitrogens is 2. The van der Waals surface area contributed by atoms with Gasteiger partial charge >= 0.3 is 0 Å². The number of halogens is 1. The number of imidazole rings is 1. The summed E-state index contributed by atoms with van der Waals surface area (Å²) in [5, 5.41) is -0.0565. The molecule has 2 heterocycles. The third-order valence-electron chi connectivity index (χ3n) is 4.45. The number of piperidine rings is 1. The Bertz CT molecular complexity index is 632. The molecule has 0 spiro atoms. The quantitative estimate of drug-likeness (QED) is 0.800. The average molecular weight is 306 g/mol. The molecule has 0 saturated carbocycles. The second kappa shape index (κ2) is 5.98. The lowest BCUT2D eigenvalue weighted by molar-refractivity contribution is 0.194. The van der Waals surface area contributed by atoms with E-state index in [0.717, 1.165) is 17.9 Å². The summed E-state index contributed by atoms with van der Waals surface area (Å²) in [5.74, 6) is 1.70. The number of aryl methyl sites for hydroxylation is 1. The summed E-state index contributed by atoms with van der Waals surface area (Å²) in [6, 6.07) is 6.50. The summed E-state index contributed by atoms with van der Waals surface area (Å²) < 4.78 is 2.34. The van der Waals surface area contributed by atoms with Crippen molar-refractivity contribution in [2.24, 2.45) is 5.92 Å². The van der Waals surface area contributed by atoms with E-state index in [4.69, 9.17) is 16.6 Å². The van der Waals surface area contributed by atoms with Crippen LogP contribution >= 0.6 is 11.6 Å². The first kappa shape index (κ1) is 14.9. The Morgan fingerprint density at radius 2 is 2.24 bits per heavy atom. The zero-order chi connectivity index (χ0) is 15.0. The van der Waals surface area contributed by atoms with Crippen molar-refractivity contribution in [3.63, 3.8) is 0 Å². The van der Waals surface area contributed by atoms with Crippen LogP contribution in [0.4, 0.5) is 0 Å². The molecule has 3 nitrogen and oxygen atoms in total. The van der Waals surface area contributed by atoms with Crippen molar-refractivity contribution in [3.05, 3.63) is 29.6 Å². The van der Waals surface area contributed by atoms with Gasteiger partial charge in [0.1, 0.15) is 5.82 Å². The number of fused-ring (bicyclic) bond motifs is 1. The molecule has 2 aromatic rings. The molecule has 0 amide bonds.